The van der Waals surface area contributed by atoms with Gasteiger partial charge in [0, 0.05) is 29.2 Å². The molecule has 0 saturated carbocycles. The van der Waals surface area contributed by atoms with Gasteiger partial charge in [-0.15, -0.1) is 0 Å². The molecule has 4 heteroatoms. The highest BCUT2D eigenvalue weighted by molar-refractivity contribution is 9.10. The third-order valence-corrected chi connectivity index (χ3v) is 3.60. The molecule has 0 bridgehead atoms. The van der Waals surface area contributed by atoms with E-state index in [0.717, 1.165) is 29.9 Å². The van der Waals surface area contributed by atoms with E-state index in [4.69, 9.17) is 4.74 Å². The van der Waals surface area contributed by atoms with Crippen molar-refractivity contribution in [2.75, 3.05) is 20.2 Å². The third-order valence-electron chi connectivity index (χ3n) is 3.11. The zero-order valence-electron chi connectivity index (χ0n) is 10.1. The van der Waals surface area contributed by atoms with Gasteiger partial charge in [0.25, 0.3) is 0 Å². The zero-order chi connectivity index (χ0) is 12.1. The van der Waals surface area contributed by atoms with Crippen LogP contribution in [0.25, 0.3) is 0 Å². The summed E-state index contributed by atoms with van der Waals surface area (Å²) in [5.74, 6) is 0.945. The molecule has 1 heterocycles. The normalized spacial score (nSPS) is 19.5. The molecule has 1 unspecified atom stereocenters. The topological polar surface area (TPSA) is 33.3 Å². The van der Waals surface area contributed by atoms with E-state index in [2.05, 4.69) is 32.6 Å². The number of nitrogens with one attached hydrogen (secondary N) is 2. The van der Waals surface area contributed by atoms with E-state index in [1.54, 1.807) is 7.11 Å². The number of rotatable bonds is 5. The van der Waals surface area contributed by atoms with Crippen LogP contribution >= 0.6 is 15.9 Å². The second-order valence-electron chi connectivity index (χ2n) is 4.38. The maximum Gasteiger partial charge on any atom is 0.123 e. The summed E-state index contributed by atoms with van der Waals surface area (Å²) in [6.07, 6.45) is 2.58. The molecular weight excluding hydrogens is 280 g/mol. The van der Waals surface area contributed by atoms with Crippen LogP contribution in [0.3, 0.4) is 0 Å². The average molecular weight is 299 g/mol. The largest absolute Gasteiger partial charge is 0.496 e. The van der Waals surface area contributed by atoms with Crippen molar-refractivity contribution < 1.29 is 4.74 Å². The summed E-state index contributed by atoms with van der Waals surface area (Å²) in [7, 11) is 1.71. The molecule has 1 aromatic rings. The van der Waals surface area contributed by atoms with E-state index in [1.807, 2.05) is 12.1 Å². The Hall–Kier alpha value is -0.580. The molecule has 0 aliphatic carbocycles. The highest BCUT2D eigenvalue weighted by Gasteiger charge is 2.13. The Morgan fingerprint density at radius 3 is 3.12 bits per heavy atom. The van der Waals surface area contributed by atoms with Crippen LogP contribution in [0.5, 0.6) is 5.75 Å². The minimum atomic E-state index is 0.633. The second kappa shape index (κ2) is 6.38. The fourth-order valence-corrected chi connectivity index (χ4v) is 2.61. The summed E-state index contributed by atoms with van der Waals surface area (Å²) in [4.78, 5) is 0. The summed E-state index contributed by atoms with van der Waals surface area (Å²) in [6, 6.07) is 6.73. The molecule has 17 heavy (non-hydrogen) atoms. The fraction of sp³-hybridized carbons (Fsp3) is 0.538. The van der Waals surface area contributed by atoms with E-state index in [1.165, 1.54) is 18.4 Å². The first-order valence-corrected chi connectivity index (χ1v) is 6.85. The molecule has 0 aromatic heterocycles. The number of hydrogen-bond donors (Lipinski definition) is 2. The van der Waals surface area contributed by atoms with Gasteiger partial charge in [0.15, 0.2) is 0 Å². The van der Waals surface area contributed by atoms with Gasteiger partial charge in [-0.2, -0.15) is 0 Å². The fourth-order valence-electron chi connectivity index (χ4n) is 2.20. The average Bonchev–Trinajstić information content (AvgIpc) is 2.82. The van der Waals surface area contributed by atoms with Crippen LogP contribution in [0.1, 0.15) is 18.4 Å². The van der Waals surface area contributed by atoms with Gasteiger partial charge >= 0.3 is 0 Å². The SMILES string of the molecule is COc1ccc(Br)cc1CNCC1CCCN1. The van der Waals surface area contributed by atoms with Crippen LogP contribution < -0.4 is 15.4 Å². The lowest BCUT2D eigenvalue weighted by Crippen LogP contribution is -2.33. The Morgan fingerprint density at radius 1 is 1.53 bits per heavy atom. The number of ether oxygens (including phenoxy) is 1. The lowest BCUT2D eigenvalue weighted by molar-refractivity contribution is 0.406. The Morgan fingerprint density at radius 2 is 2.41 bits per heavy atom. The highest BCUT2D eigenvalue weighted by Crippen LogP contribution is 2.22. The molecule has 1 saturated heterocycles. The smallest absolute Gasteiger partial charge is 0.123 e. The lowest BCUT2D eigenvalue weighted by Gasteiger charge is -2.13. The number of benzene rings is 1. The maximum absolute atomic E-state index is 5.35. The minimum Gasteiger partial charge on any atom is -0.496 e. The quantitative estimate of drug-likeness (QED) is 0.875. The van der Waals surface area contributed by atoms with Crippen LogP contribution in [0.4, 0.5) is 0 Å². The first-order valence-electron chi connectivity index (χ1n) is 6.06. The molecule has 0 amide bonds. The van der Waals surface area contributed by atoms with E-state index in [9.17, 15) is 0 Å². The van der Waals surface area contributed by atoms with Crippen molar-refractivity contribution in [3.05, 3.63) is 28.2 Å². The van der Waals surface area contributed by atoms with Crippen molar-refractivity contribution in [2.45, 2.75) is 25.4 Å². The van der Waals surface area contributed by atoms with Crippen molar-refractivity contribution in [1.29, 1.82) is 0 Å². The molecule has 2 rings (SSSR count). The molecule has 1 aliphatic rings. The summed E-state index contributed by atoms with van der Waals surface area (Å²) in [6.45, 7) is 3.03. The van der Waals surface area contributed by atoms with Gasteiger partial charge in [-0.05, 0) is 37.6 Å². The molecule has 0 radical (unpaired) electrons. The van der Waals surface area contributed by atoms with Crippen molar-refractivity contribution >= 4 is 15.9 Å². The maximum atomic E-state index is 5.35. The van der Waals surface area contributed by atoms with E-state index < -0.39 is 0 Å². The Bertz CT molecular complexity index is 364. The van der Waals surface area contributed by atoms with Gasteiger partial charge in [0.05, 0.1) is 7.11 Å². The summed E-state index contributed by atoms with van der Waals surface area (Å²) in [5, 5.41) is 6.96. The zero-order valence-corrected chi connectivity index (χ0v) is 11.7. The second-order valence-corrected chi connectivity index (χ2v) is 5.30. The van der Waals surface area contributed by atoms with Crippen molar-refractivity contribution in [3.63, 3.8) is 0 Å². The van der Waals surface area contributed by atoms with Gasteiger partial charge in [0.2, 0.25) is 0 Å². The molecule has 2 N–H and O–H groups in total. The molecule has 94 valence electrons. The first-order chi connectivity index (χ1) is 8.29. The molecule has 1 atom stereocenters. The van der Waals surface area contributed by atoms with Gasteiger partial charge < -0.3 is 15.4 Å². The minimum absolute atomic E-state index is 0.633. The predicted molar refractivity (Wildman–Crippen MR) is 73.4 cm³/mol. The molecule has 1 fully saturated rings. The van der Waals surface area contributed by atoms with E-state index in [0.29, 0.717) is 6.04 Å². The van der Waals surface area contributed by atoms with Gasteiger partial charge in [0.1, 0.15) is 5.75 Å². The van der Waals surface area contributed by atoms with Gasteiger partial charge in [-0.1, -0.05) is 15.9 Å². The molecule has 3 nitrogen and oxygen atoms in total. The summed E-state index contributed by atoms with van der Waals surface area (Å²) >= 11 is 3.49. The molecule has 1 aliphatic heterocycles. The standard InChI is InChI=1S/C13H19BrN2O/c1-17-13-5-4-11(14)7-10(13)8-15-9-12-3-2-6-16-12/h4-5,7,12,15-16H,2-3,6,8-9H2,1H3. The van der Waals surface area contributed by atoms with E-state index >= 15 is 0 Å². The summed E-state index contributed by atoms with van der Waals surface area (Å²) < 4.78 is 6.44. The van der Waals surface area contributed by atoms with Crippen LogP contribution in [-0.2, 0) is 6.54 Å². The Labute approximate surface area is 111 Å². The van der Waals surface area contributed by atoms with Crippen molar-refractivity contribution in [1.82, 2.24) is 10.6 Å². The van der Waals surface area contributed by atoms with Crippen molar-refractivity contribution in [3.8, 4) is 5.75 Å². The van der Waals surface area contributed by atoms with Crippen molar-refractivity contribution in [2.24, 2.45) is 0 Å². The van der Waals surface area contributed by atoms with Crippen LogP contribution in [0, 0.1) is 0 Å². The third kappa shape index (κ3) is 3.69. The predicted octanol–water partition coefficient (Wildman–Crippen LogP) is 2.30. The van der Waals surface area contributed by atoms with Crippen LogP contribution in [-0.4, -0.2) is 26.2 Å². The number of methoxy groups -OCH3 is 1. The van der Waals surface area contributed by atoms with Gasteiger partial charge in [-0.25, -0.2) is 0 Å². The lowest BCUT2D eigenvalue weighted by atomic mass is 10.2. The van der Waals surface area contributed by atoms with Crippen LogP contribution in [0.2, 0.25) is 0 Å². The highest BCUT2D eigenvalue weighted by atomic mass is 79.9. The number of halogens is 1. The first kappa shape index (κ1) is 12.9. The Balaban J connectivity index is 1.86. The van der Waals surface area contributed by atoms with Gasteiger partial charge in [-0.3, -0.25) is 0 Å². The monoisotopic (exact) mass is 298 g/mol. The molecule has 1 aromatic carbocycles. The van der Waals surface area contributed by atoms with Crippen LogP contribution in [0.15, 0.2) is 22.7 Å². The molecule has 0 spiro atoms. The molecular formula is C13H19BrN2O. The Kier molecular flexibility index (Phi) is 4.83. The summed E-state index contributed by atoms with van der Waals surface area (Å²) in [5.41, 5.74) is 1.19. The van der Waals surface area contributed by atoms with E-state index in [-0.39, 0.29) is 0 Å². The number of hydrogen-bond acceptors (Lipinski definition) is 3.